The van der Waals surface area contributed by atoms with Crippen LogP contribution in [0.15, 0.2) is 48.7 Å². The van der Waals surface area contributed by atoms with E-state index in [1.54, 1.807) is 55.9 Å². The van der Waals surface area contributed by atoms with E-state index in [4.69, 9.17) is 4.74 Å². The third-order valence-electron chi connectivity index (χ3n) is 6.61. The van der Waals surface area contributed by atoms with Gasteiger partial charge >= 0.3 is 6.03 Å². The number of hydrogen-bond donors (Lipinski definition) is 0. The Bertz CT molecular complexity index is 1240. The molecule has 0 spiro atoms. The average molecular weight is 478 g/mol. The van der Waals surface area contributed by atoms with Crippen LogP contribution in [0.25, 0.3) is 0 Å². The van der Waals surface area contributed by atoms with Gasteiger partial charge in [-0.25, -0.2) is 14.1 Å². The predicted molar refractivity (Wildman–Crippen MR) is 125 cm³/mol. The van der Waals surface area contributed by atoms with Crippen molar-refractivity contribution in [1.82, 2.24) is 19.4 Å². The highest BCUT2D eigenvalue weighted by molar-refractivity contribution is 6.16. The summed E-state index contributed by atoms with van der Waals surface area (Å²) in [6, 6.07) is 11.7. The van der Waals surface area contributed by atoms with Gasteiger partial charge in [-0.1, -0.05) is 18.2 Å². The van der Waals surface area contributed by atoms with Crippen LogP contribution in [0, 0.1) is 25.0 Å². The summed E-state index contributed by atoms with van der Waals surface area (Å²) in [6.45, 7) is 3.76. The van der Waals surface area contributed by atoms with Gasteiger partial charge in [0.05, 0.1) is 12.7 Å². The smallest absolute Gasteiger partial charge is 0.332 e. The largest absolute Gasteiger partial charge is 0.711 e. The summed E-state index contributed by atoms with van der Waals surface area (Å²) in [5.41, 5.74) is 2.52. The van der Waals surface area contributed by atoms with Crippen molar-refractivity contribution >= 4 is 17.8 Å². The number of carbonyl (C=O) groups excluding carboxylic acids is 3. The van der Waals surface area contributed by atoms with Crippen molar-refractivity contribution in [1.29, 1.82) is 0 Å². The normalized spacial score (nSPS) is 15.6. The molecule has 182 valence electrons. The van der Waals surface area contributed by atoms with Crippen molar-refractivity contribution < 1.29 is 23.9 Å². The Morgan fingerprint density at radius 1 is 1.00 bits per heavy atom. The number of nitrogens with zero attached hydrogens (tertiary/aromatic N) is 5. The van der Waals surface area contributed by atoms with E-state index in [9.17, 15) is 19.6 Å². The minimum absolute atomic E-state index is 0.241. The first-order valence-electron chi connectivity index (χ1n) is 11.1. The number of imide groups is 2. The molecule has 1 aromatic carbocycles. The molecule has 1 fully saturated rings. The van der Waals surface area contributed by atoms with Gasteiger partial charge in [0.1, 0.15) is 35.6 Å². The maximum Gasteiger partial charge on any atom is 0.332 e. The van der Waals surface area contributed by atoms with Crippen LogP contribution in [-0.4, -0.2) is 51.3 Å². The van der Waals surface area contributed by atoms with Gasteiger partial charge in [-0.3, -0.25) is 24.4 Å². The number of barbiturate groups is 1. The van der Waals surface area contributed by atoms with Crippen LogP contribution in [0.4, 0.5) is 4.79 Å². The zero-order valence-corrected chi connectivity index (χ0v) is 20.3. The quantitative estimate of drug-likeness (QED) is 0.305. The minimum Gasteiger partial charge on any atom is -0.711 e. The Morgan fingerprint density at radius 3 is 2.14 bits per heavy atom. The molecule has 1 atom stereocenters. The molecule has 0 N–H and O–H groups in total. The molecule has 10 heteroatoms. The fourth-order valence-corrected chi connectivity index (χ4v) is 4.33. The van der Waals surface area contributed by atoms with E-state index < -0.39 is 29.7 Å². The molecule has 1 saturated heterocycles. The SMILES string of the molecule is Cc1c(C)[n+]([O-])c([C@H](c2ccc(OCc3ccccn3)cc2)C2C(=O)N(C)C(=O)N(C)C2=O)n1C. The maximum atomic E-state index is 13.2. The van der Waals surface area contributed by atoms with Gasteiger partial charge in [-0.2, -0.15) is 0 Å². The second-order valence-corrected chi connectivity index (χ2v) is 8.59. The van der Waals surface area contributed by atoms with E-state index in [2.05, 4.69) is 4.98 Å². The molecule has 3 heterocycles. The van der Waals surface area contributed by atoms with Crippen molar-refractivity contribution in [2.24, 2.45) is 13.0 Å². The number of urea groups is 1. The monoisotopic (exact) mass is 477 g/mol. The summed E-state index contributed by atoms with van der Waals surface area (Å²) in [5, 5.41) is 13.2. The van der Waals surface area contributed by atoms with Crippen LogP contribution < -0.4 is 9.47 Å². The highest BCUT2D eigenvalue weighted by Gasteiger charge is 2.51. The van der Waals surface area contributed by atoms with Gasteiger partial charge < -0.3 is 9.94 Å². The first-order valence-corrected chi connectivity index (χ1v) is 11.1. The number of pyridine rings is 1. The fraction of sp³-hybridized carbons (Fsp3) is 0.320. The standard InChI is InChI=1S/C25H27N5O5/c1-15-16(2)30(34)22(27(15)3)20(21-23(31)28(4)25(33)29(5)24(21)32)17-9-11-19(12-10-17)35-14-18-8-6-7-13-26-18/h6-13,20-21H,14H2,1-5H3/t20-/m1/s1. The van der Waals surface area contributed by atoms with Gasteiger partial charge in [-0.05, 0) is 29.8 Å². The number of ether oxygens (including phenoxy) is 1. The summed E-state index contributed by atoms with van der Waals surface area (Å²) < 4.78 is 8.25. The summed E-state index contributed by atoms with van der Waals surface area (Å²) in [5.74, 6) is -2.71. The topological polar surface area (TPSA) is 112 Å². The third-order valence-corrected chi connectivity index (χ3v) is 6.61. The number of amides is 4. The highest BCUT2D eigenvalue weighted by atomic mass is 16.5. The average Bonchev–Trinajstić information content (AvgIpc) is 3.06. The molecule has 0 bridgehead atoms. The van der Waals surface area contributed by atoms with E-state index in [0.717, 1.165) is 20.2 Å². The van der Waals surface area contributed by atoms with Crippen LogP contribution in [0.2, 0.25) is 0 Å². The number of benzene rings is 1. The molecule has 10 nitrogen and oxygen atoms in total. The van der Waals surface area contributed by atoms with Gasteiger partial charge in [0.2, 0.25) is 11.8 Å². The molecule has 0 unspecified atom stereocenters. The Balaban J connectivity index is 1.76. The summed E-state index contributed by atoms with van der Waals surface area (Å²) >= 11 is 0. The lowest BCUT2D eigenvalue weighted by Crippen LogP contribution is -2.59. The zero-order chi connectivity index (χ0) is 25.4. The Labute approximate surface area is 202 Å². The number of imidazole rings is 1. The Kier molecular flexibility index (Phi) is 6.29. The van der Waals surface area contributed by atoms with Crippen molar-refractivity contribution in [2.75, 3.05) is 14.1 Å². The van der Waals surface area contributed by atoms with Crippen LogP contribution in [0.1, 0.15) is 34.4 Å². The molecule has 1 aliphatic heterocycles. The molecule has 35 heavy (non-hydrogen) atoms. The minimum atomic E-state index is -1.28. The molecule has 2 aromatic heterocycles. The van der Waals surface area contributed by atoms with Crippen LogP contribution in [0.5, 0.6) is 5.75 Å². The van der Waals surface area contributed by atoms with Gasteiger partial charge in [0.25, 0.3) is 5.82 Å². The second-order valence-electron chi connectivity index (χ2n) is 8.59. The van der Waals surface area contributed by atoms with Crippen molar-refractivity contribution in [2.45, 2.75) is 26.4 Å². The first-order chi connectivity index (χ1) is 16.6. The van der Waals surface area contributed by atoms with Crippen molar-refractivity contribution in [3.8, 4) is 5.75 Å². The molecule has 0 radical (unpaired) electrons. The highest BCUT2D eigenvalue weighted by Crippen LogP contribution is 2.36. The summed E-state index contributed by atoms with van der Waals surface area (Å²) in [7, 11) is 4.39. The lowest BCUT2D eigenvalue weighted by Gasteiger charge is -2.35. The van der Waals surface area contributed by atoms with E-state index in [0.29, 0.717) is 22.7 Å². The molecule has 0 aliphatic carbocycles. The molecular weight excluding hydrogens is 450 g/mol. The molecular formula is C25H27N5O5. The Hall–Kier alpha value is -4.21. The molecule has 0 saturated carbocycles. The lowest BCUT2D eigenvalue weighted by molar-refractivity contribution is -0.621. The lowest BCUT2D eigenvalue weighted by atomic mass is 9.82. The molecule has 4 rings (SSSR count). The number of rotatable bonds is 6. The maximum absolute atomic E-state index is 13.2. The van der Waals surface area contributed by atoms with Crippen molar-refractivity contribution in [3.63, 3.8) is 0 Å². The van der Waals surface area contributed by atoms with E-state index >= 15 is 0 Å². The number of aromatic nitrogens is 3. The van der Waals surface area contributed by atoms with Gasteiger partial charge in [-0.15, -0.1) is 0 Å². The summed E-state index contributed by atoms with van der Waals surface area (Å²) in [4.78, 5) is 44.8. The second kappa shape index (κ2) is 9.21. The van der Waals surface area contributed by atoms with E-state index in [1.807, 2.05) is 18.2 Å². The van der Waals surface area contributed by atoms with E-state index in [1.165, 1.54) is 14.1 Å². The molecule has 1 aliphatic rings. The molecule has 4 amide bonds. The Morgan fingerprint density at radius 2 is 1.63 bits per heavy atom. The van der Waals surface area contributed by atoms with Gasteiger partial charge in [0, 0.05) is 34.1 Å². The molecule has 3 aromatic rings. The van der Waals surface area contributed by atoms with Crippen LogP contribution in [-0.2, 0) is 23.2 Å². The van der Waals surface area contributed by atoms with E-state index in [-0.39, 0.29) is 12.4 Å². The van der Waals surface area contributed by atoms with Gasteiger partial charge in [0.15, 0.2) is 0 Å². The first kappa shape index (κ1) is 23.9. The predicted octanol–water partition coefficient (Wildman–Crippen LogP) is 2.05. The summed E-state index contributed by atoms with van der Waals surface area (Å²) in [6.07, 6.45) is 1.69. The zero-order valence-electron chi connectivity index (χ0n) is 20.3. The fourth-order valence-electron chi connectivity index (χ4n) is 4.33. The third kappa shape index (κ3) is 4.11. The number of carbonyl (C=O) groups is 3. The van der Waals surface area contributed by atoms with Crippen molar-refractivity contribution in [3.05, 3.63) is 82.3 Å². The van der Waals surface area contributed by atoms with Crippen LogP contribution in [0.3, 0.4) is 0 Å². The van der Waals surface area contributed by atoms with Crippen LogP contribution >= 0.6 is 0 Å². The number of hydrogen-bond acceptors (Lipinski definition) is 6.